The summed E-state index contributed by atoms with van der Waals surface area (Å²) in [7, 11) is 0.883. The monoisotopic (exact) mass is 273 g/mol. The molecule has 0 aromatic carbocycles. The second kappa shape index (κ2) is 7.53. The van der Waals surface area contributed by atoms with Crippen molar-refractivity contribution in [2.24, 2.45) is 0 Å². The summed E-state index contributed by atoms with van der Waals surface area (Å²) in [6.45, 7) is 6.23. The van der Waals surface area contributed by atoms with E-state index < -0.39 is 10.8 Å². The van der Waals surface area contributed by atoms with Crippen LogP contribution in [-0.4, -0.2) is 45.5 Å². The van der Waals surface area contributed by atoms with Gasteiger partial charge in [-0.3, -0.25) is 4.21 Å². The largest absolute Gasteiger partial charge is 0.385 e. The SMILES string of the molecule is COCCCNc1nc(C)cn1CC(C)S(C)=O. The van der Waals surface area contributed by atoms with Gasteiger partial charge in [0.15, 0.2) is 0 Å². The Bertz CT molecular complexity index is 393. The highest BCUT2D eigenvalue weighted by Crippen LogP contribution is 2.11. The van der Waals surface area contributed by atoms with Gasteiger partial charge in [0.05, 0.1) is 5.69 Å². The van der Waals surface area contributed by atoms with Gasteiger partial charge in [-0.05, 0) is 20.3 Å². The van der Waals surface area contributed by atoms with Crippen molar-refractivity contribution < 1.29 is 8.95 Å². The maximum atomic E-state index is 11.4. The number of nitrogens with one attached hydrogen (secondary N) is 1. The first-order valence-electron chi connectivity index (χ1n) is 6.13. The van der Waals surface area contributed by atoms with Gasteiger partial charge in [0.25, 0.3) is 0 Å². The van der Waals surface area contributed by atoms with E-state index in [1.54, 1.807) is 13.4 Å². The lowest BCUT2D eigenvalue weighted by Crippen LogP contribution is -2.19. The molecular formula is C12H23N3O2S. The quantitative estimate of drug-likeness (QED) is 0.728. The number of imidazole rings is 1. The molecule has 6 heteroatoms. The molecule has 1 heterocycles. The molecule has 1 rings (SSSR count). The van der Waals surface area contributed by atoms with Crippen molar-refractivity contribution >= 4 is 16.7 Å². The number of rotatable bonds is 8. The van der Waals surface area contributed by atoms with Crippen LogP contribution in [0, 0.1) is 6.92 Å². The number of methoxy groups -OCH3 is 1. The van der Waals surface area contributed by atoms with Crippen molar-refractivity contribution in [1.82, 2.24) is 9.55 Å². The van der Waals surface area contributed by atoms with Crippen LogP contribution in [0.1, 0.15) is 19.0 Å². The number of aromatic nitrogens is 2. The molecule has 0 aliphatic carbocycles. The third-order valence-corrected chi connectivity index (χ3v) is 4.01. The van der Waals surface area contributed by atoms with E-state index in [-0.39, 0.29) is 5.25 Å². The number of ether oxygens (including phenoxy) is 1. The van der Waals surface area contributed by atoms with E-state index in [4.69, 9.17) is 4.74 Å². The molecule has 1 aromatic heterocycles. The average molecular weight is 273 g/mol. The Balaban J connectivity index is 2.58. The van der Waals surface area contributed by atoms with Crippen LogP contribution in [0.25, 0.3) is 0 Å². The van der Waals surface area contributed by atoms with Crippen LogP contribution in [0.2, 0.25) is 0 Å². The van der Waals surface area contributed by atoms with Gasteiger partial charge in [-0.25, -0.2) is 4.98 Å². The van der Waals surface area contributed by atoms with Crippen molar-refractivity contribution in [2.45, 2.75) is 32.1 Å². The number of hydrogen-bond donors (Lipinski definition) is 1. The number of hydrogen-bond acceptors (Lipinski definition) is 4. The predicted octanol–water partition coefficient (Wildman–Crippen LogP) is 1.41. The van der Waals surface area contributed by atoms with Crippen LogP contribution in [0.4, 0.5) is 5.95 Å². The standard InChI is InChI=1S/C12H23N3O2S/c1-10-8-15(9-11(2)18(4)16)12(14-10)13-6-5-7-17-3/h8,11H,5-7,9H2,1-4H3,(H,13,14). The molecule has 0 aliphatic heterocycles. The number of aryl methyl sites for hydroxylation is 1. The van der Waals surface area contributed by atoms with Crippen LogP contribution < -0.4 is 5.32 Å². The number of anilines is 1. The lowest BCUT2D eigenvalue weighted by molar-refractivity contribution is 0.197. The first kappa shape index (κ1) is 15.2. The fourth-order valence-corrected chi connectivity index (χ4v) is 2.00. The van der Waals surface area contributed by atoms with Gasteiger partial charge in [0.2, 0.25) is 5.95 Å². The summed E-state index contributed by atoms with van der Waals surface area (Å²) in [6.07, 6.45) is 4.67. The molecule has 104 valence electrons. The van der Waals surface area contributed by atoms with E-state index in [0.29, 0.717) is 0 Å². The summed E-state index contributed by atoms with van der Waals surface area (Å²) in [5.74, 6) is 0.848. The molecule has 18 heavy (non-hydrogen) atoms. The molecule has 0 amide bonds. The molecule has 2 atom stereocenters. The van der Waals surface area contributed by atoms with Crippen molar-refractivity contribution in [1.29, 1.82) is 0 Å². The second-order valence-corrected chi connectivity index (χ2v) is 6.24. The van der Waals surface area contributed by atoms with Crippen molar-refractivity contribution in [2.75, 3.05) is 31.8 Å². The van der Waals surface area contributed by atoms with Gasteiger partial charge >= 0.3 is 0 Å². The first-order chi connectivity index (χ1) is 8.54. The third-order valence-electron chi connectivity index (χ3n) is 2.73. The highest BCUT2D eigenvalue weighted by atomic mass is 32.2. The van der Waals surface area contributed by atoms with E-state index in [2.05, 4.69) is 10.3 Å². The molecule has 0 saturated carbocycles. The molecule has 0 fully saturated rings. The van der Waals surface area contributed by atoms with Crippen molar-refractivity contribution in [3.05, 3.63) is 11.9 Å². The molecule has 0 saturated heterocycles. The lowest BCUT2D eigenvalue weighted by Gasteiger charge is -2.13. The van der Waals surface area contributed by atoms with E-state index in [0.717, 1.165) is 37.8 Å². The summed E-state index contributed by atoms with van der Waals surface area (Å²) in [5.41, 5.74) is 0.971. The van der Waals surface area contributed by atoms with Gasteiger partial charge in [-0.1, -0.05) is 0 Å². The van der Waals surface area contributed by atoms with E-state index in [9.17, 15) is 4.21 Å². The predicted molar refractivity (Wildman–Crippen MR) is 75.5 cm³/mol. The zero-order valence-corrected chi connectivity index (χ0v) is 12.4. The molecule has 0 bridgehead atoms. The lowest BCUT2D eigenvalue weighted by atomic mass is 10.4. The molecule has 0 radical (unpaired) electrons. The van der Waals surface area contributed by atoms with E-state index in [1.807, 2.05) is 24.6 Å². The van der Waals surface area contributed by atoms with Gasteiger partial charge in [-0.15, -0.1) is 0 Å². The molecule has 5 nitrogen and oxygen atoms in total. The molecule has 1 N–H and O–H groups in total. The first-order valence-corrected chi connectivity index (χ1v) is 7.75. The van der Waals surface area contributed by atoms with Crippen molar-refractivity contribution in [3.8, 4) is 0 Å². The smallest absolute Gasteiger partial charge is 0.203 e. The number of nitrogens with zero attached hydrogens (tertiary/aromatic N) is 2. The highest BCUT2D eigenvalue weighted by Gasteiger charge is 2.11. The second-order valence-electron chi connectivity index (χ2n) is 4.44. The Kier molecular flexibility index (Phi) is 6.35. The molecule has 2 unspecified atom stereocenters. The molecule has 1 aromatic rings. The average Bonchev–Trinajstić information content (AvgIpc) is 2.65. The summed E-state index contributed by atoms with van der Waals surface area (Å²) in [6, 6.07) is 0. The van der Waals surface area contributed by atoms with Crippen LogP contribution in [0.5, 0.6) is 0 Å². The molecule has 0 spiro atoms. The Morgan fingerprint density at radius 1 is 1.61 bits per heavy atom. The Hall–Kier alpha value is -0.880. The summed E-state index contributed by atoms with van der Waals surface area (Å²) >= 11 is 0. The fourth-order valence-electron chi connectivity index (χ4n) is 1.63. The van der Waals surface area contributed by atoms with E-state index in [1.165, 1.54) is 0 Å². The van der Waals surface area contributed by atoms with Crippen LogP contribution >= 0.6 is 0 Å². The minimum Gasteiger partial charge on any atom is -0.385 e. The summed E-state index contributed by atoms with van der Waals surface area (Å²) in [4.78, 5) is 4.43. The topological polar surface area (TPSA) is 56.1 Å². The fraction of sp³-hybridized carbons (Fsp3) is 0.750. The Labute approximate surface area is 111 Å². The zero-order chi connectivity index (χ0) is 13.5. The van der Waals surface area contributed by atoms with Crippen molar-refractivity contribution in [3.63, 3.8) is 0 Å². The van der Waals surface area contributed by atoms with E-state index >= 15 is 0 Å². The highest BCUT2D eigenvalue weighted by molar-refractivity contribution is 7.84. The van der Waals surface area contributed by atoms with Crippen LogP contribution in [0.15, 0.2) is 6.20 Å². The van der Waals surface area contributed by atoms with Crippen LogP contribution in [-0.2, 0) is 22.1 Å². The van der Waals surface area contributed by atoms with Gasteiger partial charge < -0.3 is 14.6 Å². The van der Waals surface area contributed by atoms with Gasteiger partial charge in [0, 0.05) is 55.3 Å². The summed E-state index contributed by atoms with van der Waals surface area (Å²) in [5, 5.41) is 3.41. The van der Waals surface area contributed by atoms with Crippen LogP contribution in [0.3, 0.4) is 0 Å². The molecular weight excluding hydrogens is 250 g/mol. The third kappa shape index (κ3) is 4.78. The minimum absolute atomic E-state index is 0.123. The van der Waals surface area contributed by atoms with Gasteiger partial charge in [-0.2, -0.15) is 0 Å². The van der Waals surface area contributed by atoms with Gasteiger partial charge in [0.1, 0.15) is 0 Å². The normalized spacial score (nSPS) is 14.4. The Morgan fingerprint density at radius 2 is 2.33 bits per heavy atom. The maximum Gasteiger partial charge on any atom is 0.203 e. The maximum absolute atomic E-state index is 11.4. The minimum atomic E-state index is -0.815. The summed E-state index contributed by atoms with van der Waals surface area (Å²) < 4.78 is 18.4. The zero-order valence-electron chi connectivity index (χ0n) is 11.6. The Morgan fingerprint density at radius 3 is 2.94 bits per heavy atom. The molecule has 0 aliphatic rings.